The molecule has 2 N–H and O–H groups in total. The van der Waals surface area contributed by atoms with E-state index in [9.17, 15) is 0 Å². The number of rotatable bonds is 1. The van der Waals surface area contributed by atoms with Gasteiger partial charge in [-0.15, -0.1) is 0 Å². The van der Waals surface area contributed by atoms with Crippen LogP contribution >= 0.6 is 15.9 Å². The zero-order chi connectivity index (χ0) is 5.86. The summed E-state index contributed by atoms with van der Waals surface area (Å²) in [5, 5.41) is 0. The molecule has 0 aromatic rings. The van der Waals surface area contributed by atoms with Crippen molar-refractivity contribution in [2.75, 3.05) is 0 Å². The molecule has 1 nitrogen and oxygen atoms in total. The SMILES string of the molecule is C=C(Br)/C=C(\C)N. The van der Waals surface area contributed by atoms with Crippen molar-refractivity contribution >= 4 is 15.9 Å². The molecule has 0 saturated heterocycles. The van der Waals surface area contributed by atoms with Gasteiger partial charge in [0.05, 0.1) is 0 Å². The second-order valence-corrected chi connectivity index (χ2v) is 2.35. The van der Waals surface area contributed by atoms with E-state index in [4.69, 9.17) is 5.73 Å². The molecule has 0 amide bonds. The second kappa shape index (κ2) is 2.86. The van der Waals surface area contributed by atoms with E-state index in [0.29, 0.717) is 0 Å². The lowest BCUT2D eigenvalue weighted by Gasteiger charge is -1.84. The van der Waals surface area contributed by atoms with Crippen LogP contribution in [-0.2, 0) is 0 Å². The lowest BCUT2D eigenvalue weighted by molar-refractivity contribution is 1.32. The van der Waals surface area contributed by atoms with Gasteiger partial charge < -0.3 is 5.73 Å². The van der Waals surface area contributed by atoms with Gasteiger partial charge in [-0.3, -0.25) is 0 Å². The van der Waals surface area contributed by atoms with Crippen LogP contribution in [0.3, 0.4) is 0 Å². The Morgan fingerprint density at radius 2 is 2.29 bits per heavy atom. The molecule has 0 bridgehead atoms. The second-order valence-electron chi connectivity index (χ2n) is 1.34. The zero-order valence-corrected chi connectivity index (χ0v) is 5.83. The molecule has 0 aromatic carbocycles. The largest absolute Gasteiger partial charge is 0.402 e. The Hall–Kier alpha value is -0.240. The molecule has 40 valence electrons. The lowest BCUT2D eigenvalue weighted by atomic mass is 10.4. The Morgan fingerprint density at radius 3 is 2.29 bits per heavy atom. The number of hydrogen-bond acceptors (Lipinski definition) is 1. The summed E-state index contributed by atoms with van der Waals surface area (Å²) in [6.45, 7) is 5.37. The molecule has 7 heavy (non-hydrogen) atoms. The Kier molecular flexibility index (Phi) is 2.76. The summed E-state index contributed by atoms with van der Waals surface area (Å²) in [6.07, 6.45) is 1.75. The van der Waals surface area contributed by atoms with Gasteiger partial charge in [-0.2, -0.15) is 0 Å². The first-order valence-corrected chi connectivity index (χ1v) is 2.70. The van der Waals surface area contributed by atoms with Crippen LogP contribution in [0.1, 0.15) is 6.92 Å². The van der Waals surface area contributed by atoms with Gasteiger partial charge in [0.25, 0.3) is 0 Å². The van der Waals surface area contributed by atoms with Gasteiger partial charge >= 0.3 is 0 Å². The average molecular weight is 162 g/mol. The average Bonchev–Trinajstić information content (AvgIpc) is 1.27. The maximum atomic E-state index is 5.26. The van der Waals surface area contributed by atoms with E-state index in [1.54, 1.807) is 6.08 Å². The first kappa shape index (κ1) is 6.76. The van der Waals surface area contributed by atoms with Crippen molar-refractivity contribution in [3.05, 3.63) is 22.8 Å². The molecule has 0 rings (SSSR count). The summed E-state index contributed by atoms with van der Waals surface area (Å²) >= 11 is 3.12. The maximum absolute atomic E-state index is 5.26. The number of hydrogen-bond donors (Lipinski definition) is 1. The van der Waals surface area contributed by atoms with Gasteiger partial charge in [0.2, 0.25) is 0 Å². The Bertz CT molecular complexity index is 101. The zero-order valence-electron chi connectivity index (χ0n) is 4.24. The lowest BCUT2D eigenvalue weighted by Crippen LogP contribution is -1.88. The van der Waals surface area contributed by atoms with E-state index >= 15 is 0 Å². The molecule has 0 saturated carbocycles. The molecule has 0 radical (unpaired) electrons. The van der Waals surface area contributed by atoms with E-state index in [1.165, 1.54) is 0 Å². The third kappa shape index (κ3) is 5.76. The van der Waals surface area contributed by atoms with Gasteiger partial charge in [-0.25, -0.2) is 0 Å². The smallest absolute Gasteiger partial charge is 0.0120 e. The Morgan fingerprint density at radius 1 is 1.86 bits per heavy atom. The van der Waals surface area contributed by atoms with Gasteiger partial charge in [0.1, 0.15) is 0 Å². The van der Waals surface area contributed by atoms with Crippen LogP contribution in [0.25, 0.3) is 0 Å². The first-order chi connectivity index (χ1) is 3.13. The molecule has 0 spiro atoms. The summed E-state index contributed by atoms with van der Waals surface area (Å²) in [4.78, 5) is 0. The number of allylic oxidation sites excluding steroid dienone is 3. The van der Waals surface area contributed by atoms with Crippen molar-refractivity contribution in [1.82, 2.24) is 0 Å². The fourth-order valence-electron chi connectivity index (χ4n) is 0.247. The van der Waals surface area contributed by atoms with E-state index in [-0.39, 0.29) is 0 Å². The summed E-state index contributed by atoms with van der Waals surface area (Å²) in [7, 11) is 0. The summed E-state index contributed by atoms with van der Waals surface area (Å²) in [6, 6.07) is 0. The molecule has 0 unspecified atom stereocenters. The predicted octanol–water partition coefficient (Wildman–Crippen LogP) is 1.76. The van der Waals surface area contributed by atoms with E-state index in [2.05, 4.69) is 22.5 Å². The van der Waals surface area contributed by atoms with Crippen LogP contribution in [-0.4, -0.2) is 0 Å². The molecule has 0 atom stereocenters. The quantitative estimate of drug-likeness (QED) is 0.584. The molecule has 0 aliphatic carbocycles. The van der Waals surface area contributed by atoms with Crippen LogP contribution in [0.2, 0.25) is 0 Å². The molecule has 0 fully saturated rings. The minimum Gasteiger partial charge on any atom is -0.402 e. The number of nitrogens with two attached hydrogens (primary N) is 1. The fourth-order valence-corrected chi connectivity index (χ4v) is 0.608. The maximum Gasteiger partial charge on any atom is 0.0120 e. The third-order valence-corrected chi connectivity index (χ3v) is 0.613. The minimum atomic E-state index is 0.766. The Balaban J connectivity index is 3.68. The highest BCUT2D eigenvalue weighted by Gasteiger charge is 1.76. The van der Waals surface area contributed by atoms with Crippen LogP contribution in [0.5, 0.6) is 0 Å². The van der Waals surface area contributed by atoms with Crippen molar-refractivity contribution in [2.24, 2.45) is 5.73 Å². The van der Waals surface area contributed by atoms with Gasteiger partial charge in [0.15, 0.2) is 0 Å². The van der Waals surface area contributed by atoms with Crippen molar-refractivity contribution in [3.8, 4) is 0 Å². The predicted molar refractivity (Wildman–Crippen MR) is 36.0 cm³/mol. The monoisotopic (exact) mass is 161 g/mol. The fraction of sp³-hybridized carbons (Fsp3) is 0.200. The van der Waals surface area contributed by atoms with Crippen LogP contribution < -0.4 is 5.73 Å². The molecule has 0 aliphatic heterocycles. The van der Waals surface area contributed by atoms with E-state index in [1.807, 2.05) is 6.92 Å². The van der Waals surface area contributed by atoms with Gasteiger partial charge in [-0.05, 0) is 13.0 Å². The highest BCUT2D eigenvalue weighted by Crippen LogP contribution is 2.02. The van der Waals surface area contributed by atoms with Gasteiger partial charge in [-0.1, -0.05) is 22.5 Å². The van der Waals surface area contributed by atoms with Crippen LogP contribution in [0, 0.1) is 0 Å². The van der Waals surface area contributed by atoms with Crippen LogP contribution in [0.4, 0.5) is 0 Å². The van der Waals surface area contributed by atoms with Crippen molar-refractivity contribution < 1.29 is 0 Å². The normalized spacial score (nSPS) is 11.4. The summed E-state index contributed by atoms with van der Waals surface area (Å²) in [5.41, 5.74) is 6.03. The summed E-state index contributed by atoms with van der Waals surface area (Å²) < 4.78 is 0.812. The van der Waals surface area contributed by atoms with E-state index in [0.717, 1.165) is 10.2 Å². The first-order valence-electron chi connectivity index (χ1n) is 1.91. The van der Waals surface area contributed by atoms with Gasteiger partial charge in [0, 0.05) is 10.2 Å². The molecule has 0 aliphatic rings. The van der Waals surface area contributed by atoms with Crippen molar-refractivity contribution in [3.63, 3.8) is 0 Å². The highest BCUT2D eigenvalue weighted by atomic mass is 79.9. The summed E-state index contributed by atoms with van der Waals surface area (Å²) in [5.74, 6) is 0. The molecular weight excluding hydrogens is 154 g/mol. The third-order valence-electron chi connectivity index (χ3n) is 0.384. The van der Waals surface area contributed by atoms with Crippen LogP contribution in [0.15, 0.2) is 22.8 Å². The number of halogens is 1. The van der Waals surface area contributed by atoms with Crippen molar-refractivity contribution in [1.29, 1.82) is 0 Å². The highest BCUT2D eigenvalue weighted by molar-refractivity contribution is 9.11. The topological polar surface area (TPSA) is 26.0 Å². The molecular formula is C5H8BrN. The minimum absolute atomic E-state index is 0.766. The standard InChI is InChI=1S/C5H8BrN/c1-4(6)3-5(2)7/h3H,1,7H2,2H3/b5-3+. The van der Waals surface area contributed by atoms with E-state index < -0.39 is 0 Å². The van der Waals surface area contributed by atoms with Crippen molar-refractivity contribution in [2.45, 2.75) is 6.92 Å². The molecule has 0 heterocycles. The Labute approximate surface area is 52.0 Å². The molecule has 2 heteroatoms. The molecule has 0 aromatic heterocycles.